The first-order valence-electron chi connectivity index (χ1n) is 40.4. The summed E-state index contributed by atoms with van der Waals surface area (Å²) in [6.07, 6.45) is 15.6. The van der Waals surface area contributed by atoms with E-state index >= 15 is 0 Å². The van der Waals surface area contributed by atoms with Gasteiger partial charge in [-0.25, -0.2) is 0 Å². The second-order valence-corrected chi connectivity index (χ2v) is 40.5. The van der Waals surface area contributed by atoms with Crippen molar-refractivity contribution in [1.29, 1.82) is 0 Å². The molecule has 8 fully saturated rings. The largest absolute Gasteiger partial charge is 0.497 e. The molecule has 20 rings (SSSR count). The summed E-state index contributed by atoms with van der Waals surface area (Å²) in [6.45, 7) is 12.6. The third-order valence-electron chi connectivity index (χ3n) is 23.9. The summed E-state index contributed by atoms with van der Waals surface area (Å²) in [5.74, 6) is 8.18. The maximum atomic E-state index is 13.6. The summed E-state index contributed by atoms with van der Waals surface area (Å²) >= 11 is 0. The summed E-state index contributed by atoms with van der Waals surface area (Å²) in [7, 11) is 2.84. The fourth-order valence-electron chi connectivity index (χ4n) is 20.1. The van der Waals surface area contributed by atoms with Gasteiger partial charge in [0.25, 0.3) is 0 Å². The van der Waals surface area contributed by atoms with Gasteiger partial charge in [-0.05, 0) is 314 Å². The van der Waals surface area contributed by atoms with Gasteiger partial charge in [-0.1, -0.05) is 146 Å². The molecule has 8 saturated carbocycles. The summed E-state index contributed by atoms with van der Waals surface area (Å²) in [5, 5.41) is 0. The van der Waals surface area contributed by atoms with E-state index < -0.39 is 0 Å². The molecule has 0 spiro atoms. The van der Waals surface area contributed by atoms with Crippen LogP contribution in [0.2, 0.25) is 0 Å². The zero-order chi connectivity index (χ0) is 78.0. The van der Waals surface area contributed by atoms with E-state index in [1.54, 1.807) is 14.2 Å². The number of benzene rings is 12. The van der Waals surface area contributed by atoms with Crippen LogP contribution in [0.1, 0.15) is 117 Å². The van der Waals surface area contributed by atoms with Gasteiger partial charge in [-0.3, -0.25) is 9.59 Å². The first-order chi connectivity index (χ1) is 55.1. The summed E-state index contributed by atoms with van der Waals surface area (Å²) in [4.78, 5) is 42.5. The van der Waals surface area contributed by atoms with Crippen LogP contribution in [-0.2, 0) is 53.2 Å². The van der Waals surface area contributed by atoms with Crippen LogP contribution in [0.15, 0.2) is 362 Å². The van der Waals surface area contributed by atoms with E-state index in [1.165, 1.54) is 128 Å². The summed E-state index contributed by atoms with van der Waals surface area (Å²) < 4.78 is 23.2. The van der Waals surface area contributed by atoms with Crippen molar-refractivity contribution >= 4 is 55.5 Å². The van der Waals surface area contributed by atoms with Crippen molar-refractivity contribution < 1.29 is 28.5 Å². The highest BCUT2D eigenvalue weighted by Crippen LogP contribution is 2.63. The van der Waals surface area contributed by atoms with E-state index in [-0.39, 0.29) is 66.3 Å². The molecule has 8 aliphatic carbocycles. The lowest BCUT2D eigenvalue weighted by atomic mass is 9.49. The lowest BCUT2D eigenvalue weighted by molar-refractivity contribution is -0.161. The highest BCUT2D eigenvalue weighted by molar-refractivity contribution is 7.98. The minimum atomic E-state index is -0.231. The SMILES string of the molecule is COc1c(C)cc([S+](c2ccccc2)c2ccccc2)cc1C.COc1ccc([S+](c2ccccc2)c2ccccc2)cc1.Cc1cc([S+](c2ccccc2)c2ccccc2)cc(C)c1OC(=O)C12CC3CC(CC(C3)C1)C2.Cc1cc([S+](c2ccccc2)c2ccccc2)cc(C)c1OC(=O)CC12CC3CC(CC(C3)C1)C2. The molecule has 12 aromatic carbocycles. The van der Waals surface area contributed by atoms with E-state index in [1.807, 2.05) is 12.1 Å². The van der Waals surface area contributed by atoms with Gasteiger partial charge in [-0.15, -0.1) is 0 Å². The van der Waals surface area contributed by atoms with Gasteiger partial charge in [0, 0.05) is 36.4 Å². The van der Waals surface area contributed by atoms with Crippen LogP contribution in [0.3, 0.4) is 0 Å². The van der Waals surface area contributed by atoms with Gasteiger partial charge >= 0.3 is 11.9 Å². The van der Waals surface area contributed by atoms with Crippen molar-refractivity contribution in [2.45, 2.75) is 184 Å². The van der Waals surface area contributed by atoms with Crippen LogP contribution >= 0.6 is 0 Å². The number of ether oxygens (including phenoxy) is 4. The topological polar surface area (TPSA) is 71.1 Å². The highest BCUT2D eigenvalue weighted by Gasteiger charge is 2.56. The molecular weight excluding hydrogens is 1460 g/mol. The Morgan fingerprint density at radius 2 is 0.513 bits per heavy atom. The van der Waals surface area contributed by atoms with Gasteiger partial charge in [0.15, 0.2) is 58.7 Å². The number of carbonyl (C=O) groups is 2. The minimum Gasteiger partial charge on any atom is -0.497 e. The Balaban J connectivity index is 0.000000122. The van der Waals surface area contributed by atoms with Crippen LogP contribution in [0.5, 0.6) is 23.0 Å². The van der Waals surface area contributed by atoms with Gasteiger partial charge in [0.2, 0.25) is 0 Å². The molecule has 8 aliphatic rings. The normalized spacial score (nSPS) is 20.6. The van der Waals surface area contributed by atoms with Crippen LogP contribution in [-0.4, -0.2) is 26.2 Å². The smallest absolute Gasteiger partial charge is 0.317 e. The number of hydrogen-bond acceptors (Lipinski definition) is 6. The lowest BCUT2D eigenvalue weighted by Gasteiger charge is -2.56. The molecule has 0 heterocycles. The van der Waals surface area contributed by atoms with Gasteiger partial charge in [-0.2, -0.15) is 0 Å². The number of esters is 2. The zero-order valence-electron chi connectivity index (χ0n) is 66.6. The van der Waals surface area contributed by atoms with E-state index in [0.29, 0.717) is 6.42 Å². The van der Waals surface area contributed by atoms with Gasteiger partial charge in [0.1, 0.15) is 23.0 Å². The molecule has 0 unspecified atom stereocenters. The molecule has 12 aromatic rings. The Kier molecular flexibility index (Phi) is 25.1. The number of rotatable bonds is 19. The van der Waals surface area contributed by atoms with Crippen molar-refractivity contribution in [1.82, 2.24) is 0 Å². The third-order valence-corrected chi connectivity index (χ3v) is 32.7. The molecule has 0 N–H and O–H groups in total. The van der Waals surface area contributed by atoms with Crippen molar-refractivity contribution in [3.63, 3.8) is 0 Å². The molecule has 0 radical (unpaired) electrons. The Bertz CT molecular complexity index is 4870. The molecule has 574 valence electrons. The molecular formula is C103H106O6S4+4. The summed E-state index contributed by atoms with van der Waals surface area (Å²) in [6, 6.07) is 107. The Morgan fingerprint density at radius 3 is 0.770 bits per heavy atom. The van der Waals surface area contributed by atoms with E-state index in [4.69, 9.17) is 18.9 Å². The van der Waals surface area contributed by atoms with Crippen molar-refractivity contribution in [3.05, 3.63) is 337 Å². The fraction of sp³-hybridized carbons (Fsp3) is 0.282. The molecule has 0 saturated heterocycles. The maximum absolute atomic E-state index is 13.6. The number of hydrogen-bond donors (Lipinski definition) is 0. The standard InChI is InChI=1S/C32H35O2S.C31H33O2S.C21H21OS.C19H17OS/c1-22-13-29(35(27-9-5-3-6-10-27)28-11-7-4-8-12-28)14-23(2)31(22)34-30(33)21-32-18-24-15-25(19-32)17-26(16-24)20-32;1-21-13-28(34(26-9-5-3-6-10-26)27-11-7-4-8-12-27)14-22(2)29(21)33-30(32)31-18-23-15-24(19-31)17-25(16-23)20-31;1-16-14-20(15-17(2)21(16)22-3)23(18-10-6-4-7-11-18)19-12-8-5-9-13-19;1-20-16-12-14-19(15-13-16)21(17-8-4-2-5-9-17)18-10-6-3-7-11-18/h3-14,24-26H,15-21H2,1-2H3;3-14,23-25H,15-20H2,1-2H3;4-15H,1-3H3;2-15H,1H3/q4*+1. The second kappa shape index (κ2) is 36.0. The van der Waals surface area contributed by atoms with E-state index in [0.717, 1.165) is 100 Å². The van der Waals surface area contributed by atoms with Crippen LogP contribution in [0, 0.1) is 87.9 Å². The fourth-order valence-corrected chi connectivity index (χ4v) is 28.9. The van der Waals surface area contributed by atoms with E-state index in [2.05, 4.69) is 333 Å². The predicted octanol–water partition coefficient (Wildman–Crippen LogP) is 25.6. The zero-order valence-corrected chi connectivity index (χ0v) is 69.9. The number of carbonyl (C=O) groups excluding carboxylic acids is 2. The van der Waals surface area contributed by atoms with Crippen molar-refractivity contribution in [2.75, 3.05) is 14.2 Å². The molecule has 0 aromatic heterocycles. The van der Waals surface area contributed by atoms with Crippen LogP contribution < -0.4 is 18.9 Å². The highest BCUT2D eigenvalue weighted by atomic mass is 32.2. The predicted molar refractivity (Wildman–Crippen MR) is 465 cm³/mol. The average Bonchev–Trinajstić information content (AvgIpc) is 0.734. The van der Waals surface area contributed by atoms with Crippen LogP contribution in [0.4, 0.5) is 0 Å². The third kappa shape index (κ3) is 18.4. The lowest BCUT2D eigenvalue weighted by Crippen LogP contribution is -2.51. The van der Waals surface area contributed by atoms with Crippen molar-refractivity contribution in [3.8, 4) is 23.0 Å². The number of methoxy groups -OCH3 is 2. The first-order valence-corrected chi connectivity index (χ1v) is 45.3. The molecule has 0 aliphatic heterocycles. The quantitative estimate of drug-likeness (QED) is 0.0456. The number of aryl methyl sites for hydroxylation is 6. The Hall–Kier alpha value is -9.42. The summed E-state index contributed by atoms with van der Waals surface area (Å²) in [5.41, 5.74) is 6.55. The molecule has 0 atom stereocenters. The Morgan fingerprint density at radius 1 is 0.283 bits per heavy atom. The van der Waals surface area contributed by atoms with Crippen molar-refractivity contribution in [2.24, 2.45) is 46.3 Å². The molecule has 0 amide bonds. The maximum Gasteiger partial charge on any atom is 0.317 e. The molecule has 113 heavy (non-hydrogen) atoms. The first kappa shape index (κ1) is 78.8. The minimum absolute atomic E-state index is 0.0315. The average molecular weight is 1570 g/mol. The Labute approximate surface area is 682 Å². The van der Waals surface area contributed by atoms with Gasteiger partial charge in [0.05, 0.1) is 69.6 Å². The van der Waals surface area contributed by atoms with Gasteiger partial charge < -0.3 is 18.9 Å². The molecule has 8 bridgehead atoms. The monoisotopic (exact) mass is 1570 g/mol. The van der Waals surface area contributed by atoms with E-state index in [9.17, 15) is 9.59 Å². The molecule has 6 nitrogen and oxygen atoms in total. The van der Waals surface area contributed by atoms with Crippen LogP contribution in [0.25, 0.3) is 0 Å². The second-order valence-electron chi connectivity index (χ2n) is 32.4. The molecule has 10 heteroatoms.